The lowest BCUT2D eigenvalue weighted by Gasteiger charge is -2.23. The van der Waals surface area contributed by atoms with Crippen molar-refractivity contribution in [2.45, 2.75) is 33.1 Å². The number of hydrogen-bond acceptors (Lipinski definition) is 6. The van der Waals surface area contributed by atoms with E-state index in [0.717, 1.165) is 49.6 Å². The molecule has 1 aliphatic heterocycles. The van der Waals surface area contributed by atoms with Crippen molar-refractivity contribution in [1.29, 1.82) is 0 Å². The van der Waals surface area contributed by atoms with Crippen LogP contribution in [-0.4, -0.2) is 61.2 Å². The van der Waals surface area contributed by atoms with E-state index in [9.17, 15) is 9.59 Å². The quantitative estimate of drug-likeness (QED) is 0.604. The van der Waals surface area contributed by atoms with Gasteiger partial charge >= 0.3 is 5.97 Å². The maximum atomic E-state index is 12.7. The first kappa shape index (κ1) is 22.6. The summed E-state index contributed by atoms with van der Waals surface area (Å²) in [5.74, 6) is 1.49. The normalized spacial score (nSPS) is 14.1. The lowest BCUT2D eigenvalue weighted by molar-refractivity contribution is -0.130. The number of rotatable bonds is 8. The zero-order valence-corrected chi connectivity index (χ0v) is 18.4. The first-order valence-corrected chi connectivity index (χ1v) is 11.0. The molecule has 0 aliphatic carbocycles. The number of aromatic nitrogens is 1. The summed E-state index contributed by atoms with van der Waals surface area (Å²) in [5, 5.41) is 0. The van der Waals surface area contributed by atoms with E-state index in [2.05, 4.69) is 9.88 Å². The molecule has 1 amide bonds. The molecule has 1 aromatic carbocycles. The molecule has 1 aliphatic rings. The van der Waals surface area contributed by atoms with Gasteiger partial charge in [-0.1, -0.05) is 12.1 Å². The second kappa shape index (κ2) is 11.3. The first-order chi connectivity index (χ1) is 15.1. The number of anilines is 1. The van der Waals surface area contributed by atoms with Crippen LogP contribution in [0.3, 0.4) is 0 Å². The monoisotopic (exact) mass is 425 g/mol. The summed E-state index contributed by atoms with van der Waals surface area (Å²) >= 11 is 0. The van der Waals surface area contributed by atoms with Gasteiger partial charge in [0.15, 0.2) is 0 Å². The number of nitrogens with zero attached hydrogens (tertiary/aromatic N) is 3. The van der Waals surface area contributed by atoms with Crippen LogP contribution in [0.25, 0.3) is 0 Å². The molecule has 0 spiro atoms. The van der Waals surface area contributed by atoms with Gasteiger partial charge in [0, 0.05) is 38.8 Å². The molecule has 3 rings (SSSR count). The van der Waals surface area contributed by atoms with E-state index in [-0.39, 0.29) is 11.9 Å². The van der Waals surface area contributed by atoms with E-state index < -0.39 is 0 Å². The molecule has 2 aromatic rings. The minimum absolute atomic E-state index is 0.182. The highest BCUT2D eigenvalue weighted by atomic mass is 16.5. The smallest absolute Gasteiger partial charge is 0.339 e. The molecular formula is C24H31N3O4. The second-order valence-electron chi connectivity index (χ2n) is 7.42. The average molecular weight is 426 g/mol. The van der Waals surface area contributed by atoms with E-state index in [1.54, 1.807) is 19.2 Å². The van der Waals surface area contributed by atoms with Crippen LogP contribution >= 0.6 is 0 Å². The third-order valence-electron chi connectivity index (χ3n) is 5.29. The predicted octanol–water partition coefficient (Wildman–Crippen LogP) is 3.33. The van der Waals surface area contributed by atoms with Gasteiger partial charge in [0.2, 0.25) is 5.91 Å². The molecule has 31 heavy (non-hydrogen) atoms. The summed E-state index contributed by atoms with van der Waals surface area (Å²) in [4.78, 5) is 33.1. The Bertz CT molecular complexity index is 852. The Morgan fingerprint density at radius 3 is 2.45 bits per heavy atom. The number of esters is 1. The summed E-state index contributed by atoms with van der Waals surface area (Å²) in [7, 11) is 0. The molecule has 0 radical (unpaired) electrons. The lowest BCUT2D eigenvalue weighted by Crippen LogP contribution is -2.35. The Morgan fingerprint density at radius 2 is 1.77 bits per heavy atom. The second-order valence-corrected chi connectivity index (χ2v) is 7.42. The van der Waals surface area contributed by atoms with Crippen molar-refractivity contribution in [2.75, 3.05) is 44.3 Å². The third kappa shape index (κ3) is 6.44. The van der Waals surface area contributed by atoms with Crippen molar-refractivity contribution in [3.63, 3.8) is 0 Å². The molecule has 166 valence electrons. The molecule has 0 saturated carbocycles. The zero-order chi connectivity index (χ0) is 22.1. The van der Waals surface area contributed by atoms with Crippen molar-refractivity contribution >= 4 is 17.7 Å². The van der Waals surface area contributed by atoms with Gasteiger partial charge in [0.05, 0.1) is 18.8 Å². The number of pyridine rings is 1. The van der Waals surface area contributed by atoms with Gasteiger partial charge in [-0.25, -0.2) is 9.78 Å². The maximum absolute atomic E-state index is 12.7. The molecule has 2 heterocycles. The molecule has 0 bridgehead atoms. The summed E-state index contributed by atoms with van der Waals surface area (Å²) in [6.45, 7) is 7.70. The topological polar surface area (TPSA) is 72.0 Å². The zero-order valence-electron chi connectivity index (χ0n) is 18.4. The van der Waals surface area contributed by atoms with Crippen LogP contribution in [0.15, 0.2) is 42.6 Å². The Labute approximate surface area is 184 Å². The number of hydrogen-bond donors (Lipinski definition) is 0. The van der Waals surface area contributed by atoms with Gasteiger partial charge in [-0.2, -0.15) is 0 Å². The van der Waals surface area contributed by atoms with Gasteiger partial charge in [0.1, 0.15) is 11.6 Å². The highest BCUT2D eigenvalue weighted by molar-refractivity contribution is 5.89. The van der Waals surface area contributed by atoms with E-state index in [1.165, 1.54) is 0 Å². The molecule has 0 unspecified atom stereocenters. The number of carbonyl (C=O) groups excluding carboxylic acids is 2. The molecule has 1 aromatic heterocycles. The largest absolute Gasteiger partial charge is 0.494 e. The summed E-state index contributed by atoms with van der Waals surface area (Å²) in [5.41, 5.74) is 1.59. The number of ether oxygens (including phenoxy) is 2. The molecule has 1 saturated heterocycles. The van der Waals surface area contributed by atoms with Crippen LogP contribution in [0.2, 0.25) is 0 Å². The summed E-state index contributed by atoms with van der Waals surface area (Å²) < 4.78 is 10.5. The van der Waals surface area contributed by atoms with E-state index in [0.29, 0.717) is 31.7 Å². The Balaban J connectivity index is 1.49. The number of aryl methyl sites for hydroxylation is 1. The van der Waals surface area contributed by atoms with Crippen molar-refractivity contribution in [1.82, 2.24) is 9.88 Å². The summed E-state index contributed by atoms with van der Waals surface area (Å²) in [6.07, 6.45) is 3.66. The highest BCUT2D eigenvalue weighted by Crippen LogP contribution is 2.17. The van der Waals surface area contributed by atoms with Gasteiger partial charge in [-0.05, 0) is 56.5 Å². The third-order valence-corrected chi connectivity index (χ3v) is 5.29. The maximum Gasteiger partial charge on any atom is 0.339 e. The highest BCUT2D eigenvalue weighted by Gasteiger charge is 2.20. The van der Waals surface area contributed by atoms with Crippen LogP contribution in [-0.2, 0) is 16.0 Å². The van der Waals surface area contributed by atoms with Crippen LogP contribution in [0.1, 0.15) is 42.6 Å². The first-order valence-electron chi connectivity index (χ1n) is 11.0. The molecule has 7 nitrogen and oxygen atoms in total. The average Bonchev–Trinajstić information content (AvgIpc) is 3.05. The fourth-order valence-electron chi connectivity index (χ4n) is 3.63. The van der Waals surface area contributed by atoms with Crippen molar-refractivity contribution in [3.8, 4) is 5.75 Å². The van der Waals surface area contributed by atoms with Crippen molar-refractivity contribution < 1.29 is 19.1 Å². The SMILES string of the molecule is CCOC(=O)c1ccc(N2CCCN(C(=O)CCc3ccc(OCC)cc3)CC2)nc1. The van der Waals surface area contributed by atoms with Gasteiger partial charge < -0.3 is 19.3 Å². The minimum Gasteiger partial charge on any atom is -0.494 e. The Morgan fingerprint density at radius 1 is 0.968 bits per heavy atom. The molecular weight excluding hydrogens is 394 g/mol. The molecule has 1 fully saturated rings. The number of amides is 1. The standard InChI is InChI=1S/C24H31N3O4/c1-3-30-21-10-6-19(7-11-21)8-13-23(28)27-15-5-14-26(16-17-27)22-12-9-20(18-25-22)24(29)31-4-2/h6-7,9-12,18H,3-5,8,13-17H2,1-2H3. The van der Waals surface area contributed by atoms with E-state index in [4.69, 9.17) is 9.47 Å². The Kier molecular flexibility index (Phi) is 8.27. The van der Waals surface area contributed by atoms with E-state index in [1.807, 2.05) is 42.2 Å². The number of benzene rings is 1. The Hall–Kier alpha value is -3.09. The molecule has 0 atom stereocenters. The van der Waals surface area contributed by atoms with Crippen LogP contribution < -0.4 is 9.64 Å². The summed E-state index contributed by atoms with van der Waals surface area (Å²) in [6, 6.07) is 11.5. The number of carbonyl (C=O) groups is 2. The lowest BCUT2D eigenvalue weighted by atomic mass is 10.1. The van der Waals surface area contributed by atoms with Crippen LogP contribution in [0, 0.1) is 0 Å². The van der Waals surface area contributed by atoms with E-state index >= 15 is 0 Å². The van der Waals surface area contributed by atoms with Crippen molar-refractivity contribution in [3.05, 3.63) is 53.7 Å². The fraction of sp³-hybridized carbons (Fsp3) is 0.458. The predicted molar refractivity (Wildman–Crippen MR) is 120 cm³/mol. The minimum atomic E-state index is -0.360. The van der Waals surface area contributed by atoms with Crippen LogP contribution in [0.5, 0.6) is 5.75 Å². The van der Waals surface area contributed by atoms with Gasteiger partial charge in [0.25, 0.3) is 0 Å². The van der Waals surface area contributed by atoms with Crippen LogP contribution in [0.4, 0.5) is 5.82 Å². The molecule has 0 N–H and O–H groups in total. The van der Waals surface area contributed by atoms with Gasteiger partial charge in [-0.3, -0.25) is 4.79 Å². The van der Waals surface area contributed by atoms with Crippen molar-refractivity contribution in [2.24, 2.45) is 0 Å². The molecule has 7 heteroatoms. The van der Waals surface area contributed by atoms with Gasteiger partial charge in [-0.15, -0.1) is 0 Å². The fourth-order valence-corrected chi connectivity index (χ4v) is 3.63.